The van der Waals surface area contributed by atoms with Crippen LogP contribution in [0.4, 0.5) is 0 Å². The standard InChI is InChI=1S/C13H24N2O2S/c1-18-13(5-3-2-4-6-13)10-15-12(16)11-9-14-7-8-17-11/h11,14H,2-10H2,1H3,(H,15,16). The summed E-state index contributed by atoms with van der Waals surface area (Å²) in [5.74, 6) is 0.0428. The van der Waals surface area contributed by atoms with Crippen LogP contribution in [-0.4, -0.2) is 49.3 Å². The zero-order valence-corrected chi connectivity index (χ0v) is 12.0. The van der Waals surface area contributed by atoms with Gasteiger partial charge in [-0.05, 0) is 19.1 Å². The smallest absolute Gasteiger partial charge is 0.250 e. The molecule has 0 spiro atoms. The second-order valence-corrected chi connectivity index (χ2v) is 6.50. The van der Waals surface area contributed by atoms with Crippen molar-refractivity contribution < 1.29 is 9.53 Å². The minimum absolute atomic E-state index is 0.0428. The van der Waals surface area contributed by atoms with Crippen LogP contribution in [0.3, 0.4) is 0 Å². The lowest BCUT2D eigenvalue weighted by Gasteiger charge is -2.36. The zero-order chi connectivity index (χ0) is 12.8. The summed E-state index contributed by atoms with van der Waals surface area (Å²) < 4.78 is 5.72. The molecule has 0 aromatic heterocycles. The first-order valence-electron chi connectivity index (χ1n) is 6.91. The summed E-state index contributed by atoms with van der Waals surface area (Å²) in [6.45, 7) is 2.90. The monoisotopic (exact) mass is 272 g/mol. The third-order valence-electron chi connectivity index (χ3n) is 4.00. The van der Waals surface area contributed by atoms with E-state index in [-0.39, 0.29) is 16.8 Å². The second-order valence-electron chi connectivity index (χ2n) is 5.23. The molecule has 1 amide bonds. The van der Waals surface area contributed by atoms with Gasteiger partial charge in [-0.1, -0.05) is 19.3 Å². The lowest BCUT2D eigenvalue weighted by molar-refractivity contribution is -0.134. The molecule has 4 nitrogen and oxygen atoms in total. The molecule has 0 radical (unpaired) electrons. The zero-order valence-electron chi connectivity index (χ0n) is 11.2. The van der Waals surface area contributed by atoms with Crippen LogP contribution in [0.5, 0.6) is 0 Å². The van der Waals surface area contributed by atoms with Gasteiger partial charge < -0.3 is 15.4 Å². The van der Waals surface area contributed by atoms with Gasteiger partial charge in [-0.3, -0.25) is 4.79 Å². The average Bonchev–Trinajstić information content (AvgIpc) is 2.47. The van der Waals surface area contributed by atoms with Crippen LogP contribution in [0.2, 0.25) is 0 Å². The number of carbonyl (C=O) groups is 1. The van der Waals surface area contributed by atoms with E-state index in [1.54, 1.807) is 0 Å². The summed E-state index contributed by atoms with van der Waals surface area (Å²) in [6, 6.07) is 0. The normalized spacial score (nSPS) is 27.7. The van der Waals surface area contributed by atoms with Crippen LogP contribution in [-0.2, 0) is 9.53 Å². The third-order valence-corrected chi connectivity index (χ3v) is 5.42. The molecule has 1 atom stereocenters. The highest BCUT2D eigenvalue weighted by molar-refractivity contribution is 8.00. The van der Waals surface area contributed by atoms with Crippen molar-refractivity contribution in [3.63, 3.8) is 0 Å². The second kappa shape index (κ2) is 6.78. The van der Waals surface area contributed by atoms with E-state index in [0.29, 0.717) is 13.2 Å². The molecule has 0 bridgehead atoms. The molecule has 1 unspecified atom stereocenters. The summed E-state index contributed by atoms with van der Waals surface area (Å²) in [6.07, 6.45) is 8.22. The lowest BCUT2D eigenvalue weighted by atomic mass is 9.88. The quantitative estimate of drug-likeness (QED) is 0.806. The van der Waals surface area contributed by atoms with Crippen LogP contribution in [0.15, 0.2) is 0 Å². The number of nitrogens with one attached hydrogen (secondary N) is 2. The molecule has 2 aliphatic rings. The van der Waals surface area contributed by atoms with Gasteiger partial charge in [0.05, 0.1) is 6.61 Å². The molecule has 2 rings (SSSR count). The largest absolute Gasteiger partial charge is 0.366 e. The van der Waals surface area contributed by atoms with Gasteiger partial charge in [0, 0.05) is 24.4 Å². The van der Waals surface area contributed by atoms with Crippen molar-refractivity contribution >= 4 is 17.7 Å². The topological polar surface area (TPSA) is 50.4 Å². The fourth-order valence-electron chi connectivity index (χ4n) is 2.75. The van der Waals surface area contributed by atoms with Gasteiger partial charge in [-0.15, -0.1) is 0 Å². The van der Waals surface area contributed by atoms with Crippen LogP contribution in [0, 0.1) is 0 Å². The Morgan fingerprint density at radius 2 is 2.22 bits per heavy atom. The van der Waals surface area contributed by atoms with E-state index in [1.807, 2.05) is 11.8 Å². The van der Waals surface area contributed by atoms with Gasteiger partial charge in [-0.25, -0.2) is 0 Å². The van der Waals surface area contributed by atoms with E-state index in [4.69, 9.17) is 4.74 Å². The molecule has 1 heterocycles. The molecular formula is C13H24N2O2S. The van der Waals surface area contributed by atoms with E-state index in [2.05, 4.69) is 16.9 Å². The van der Waals surface area contributed by atoms with E-state index in [0.717, 1.165) is 13.1 Å². The maximum absolute atomic E-state index is 12.0. The predicted molar refractivity (Wildman–Crippen MR) is 75.0 cm³/mol. The Kier molecular flexibility index (Phi) is 5.33. The first kappa shape index (κ1) is 14.2. The molecular weight excluding hydrogens is 248 g/mol. The van der Waals surface area contributed by atoms with Crippen LogP contribution in [0.1, 0.15) is 32.1 Å². The van der Waals surface area contributed by atoms with Crippen molar-refractivity contribution in [1.82, 2.24) is 10.6 Å². The number of carbonyl (C=O) groups excluding carboxylic acids is 1. The highest BCUT2D eigenvalue weighted by Gasteiger charge is 2.32. The summed E-state index contributed by atoms with van der Waals surface area (Å²) in [5, 5.41) is 6.28. The van der Waals surface area contributed by atoms with Gasteiger partial charge in [0.25, 0.3) is 5.91 Å². The molecule has 1 aliphatic heterocycles. The summed E-state index contributed by atoms with van der Waals surface area (Å²) in [5.41, 5.74) is 0. The molecule has 0 aromatic rings. The van der Waals surface area contributed by atoms with E-state index < -0.39 is 0 Å². The SMILES string of the molecule is CSC1(CNC(=O)C2CNCCO2)CCCCC1. The molecule has 1 saturated carbocycles. The van der Waals surface area contributed by atoms with E-state index >= 15 is 0 Å². The van der Waals surface area contributed by atoms with Crippen LogP contribution < -0.4 is 10.6 Å². The average molecular weight is 272 g/mol. The molecule has 2 fully saturated rings. The number of ether oxygens (including phenoxy) is 1. The Labute approximate surface area is 114 Å². The Bertz CT molecular complexity index is 274. The van der Waals surface area contributed by atoms with Crippen molar-refractivity contribution in [1.29, 1.82) is 0 Å². The molecule has 2 N–H and O–H groups in total. The van der Waals surface area contributed by atoms with Crippen molar-refractivity contribution in [2.45, 2.75) is 43.0 Å². The van der Waals surface area contributed by atoms with E-state index in [1.165, 1.54) is 32.1 Å². The van der Waals surface area contributed by atoms with Gasteiger partial charge in [0.2, 0.25) is 0 Å². The number of hydrogen-bond acceptors (Lipinski definition) is 4. The fraction of sp³-hybridized carbons (Fsp3) is 0.923. The third kappa shape index (κ3) is 3.62. The van der Waals surface area contributed by atoms with Crippen molar-refractivity contribution in [2.75, 3.05) is 32.5 Å². The minimum atomic E-state index is -0.304. The Hall–Kier alpha value is -0.260. The maximum atomic E-state index is 12.0. The van der Waals surface area contributed by atoms with Gasteiger partial charge in [0.15, 0.2) is 0 Å². The van der Waals surface area contributed by atoms with Crippen molar-refractivity contribution in [3.8, 4) is 0 Å². The molecule has 104 valence electrons. The van der Waals surface area contributed by atoms with Crippen LogP contribution >= 0.6 is 11.8 Å². The molecule has 0 aromatic carbocycles. The number of morpholine rings is 1. The van der Waals surface area contributed by atoms with Gasteiger partial charge in [-0.2, -0.15) is 11.8 Å². The Morgan fingerprint density at radius 3 is 2.83 bits per heavy atom. The van der Waals surface area contributed by atoms with Crippen molar-refractivity contribution in [3.05, 3.63) is 0 Å². The highest BCUT2D eigenvalue weighted by Crippen LogP contribution is 2.37. The number of amides is 1. The molecule has 1 aliphatic carbocycles. The maximum Gasteiger partial charge on any atom is 0.250 e. The minimum Gasteiger partial charge on any atom is -0.366 e. The Balaban J connectivity index is 1.79. The predicted octanol–water partition coefficient (Wildman–Crippen LogP) is 1.16. The summed E-state index contributed by atoms with van der Waals surface area (Å²) >= 11 is 1.91. The van der Waals surface area contributed by atoms with Gasteiger partial charge in [0.1, 0.15) is 6.10 Å². The first-order chi connectivity index (χ1) is 8.76. The summed E-state index contributed by atoms with van der Waals surface area (Å²) in [4.78, 5) is 12.0. The van der Waals surface area contributed by atoms with Crippen LogP contribution in [0.25, 0.3) is 0 Å². The molecule has 1 saturated heterocycles. The number of hydrogen-bond donors (Lipinski definition) is 2. The first-order valence-corrected chi connectivity index (χ1v) is 8.13. The molecule has 5 heteroatoms. The number of thioether (sulfide) groups is 1. The Morgan fingerprint density at radius 1 is 1.44 bits per heavy atom. The highest BCUT2D eigenvalue weighted by atomic mass is 32.2. The number of rotatable bonds is 4. The van der Waals surface area contributed by atoms with E-state index in [9.17, 15) is 4.79 Å². The fourth-order valence-corrected chi connectivity index (χ4v) is 3.66. The lowest BCUT2D eigenvalue weighted by Crippen LogP contribution is -2.51. The summed E-state index contributed by atoms with van der Waals surface area (Å²) in [7, 11) is 0. The van der Waals surface area contributed by atoms with Gasteiger partial charge >= 0.3 is 0 Å². The van der Waals surface area contributed by atoms with Crippen molar-refractivity contribution in [2.24, 2.45) is 0 Å². The molecule has 18 heavy (non-hydrogen) atoms.